The van der Waals surface area contributed by atoms with Gasteiger partial charge in [-0.2, -0.15) is 0 Å². The lowest BCUT2D eigenvalue weighted by atomic mass is 10.2. The molecular weight excluding hydrogens is 222 g/mol. The van der Waals surface area contributed by atoms with Crippen LogP contribution >= 0.6 is 0 Å². The number of nitrogens with one attached hydrogen (secondary N) is 1. The average Bonchev–Trinajstić information content (AvgIpc) is 2.85. The summed E-state index contributed by atoms with van der Waals surface area (Å²) < 4.78 is 10.4. The maximum Gasteiger partial charge on any atom is 0.315 e. The first-order valence-corrected chi connectivity index (χ1v) is 5.32. The zero-order valence-corrected chi connectivity index (χ0v) is 10.0. The Morgan fingerprint density at radius 3 is 2.65 bits per heavy atom. The highest BCUT2D eigenvalue weighted by Crippen LogP contribution is 2.16. The average molecular weight is 237 g/mol. The summed E-state index contributed by atoms with van der Waals surface area (Å²) in [5, 5.41) is 14.5. The van der Waals surface area contributed by atoms with Crippen LogP contribution in [-0.4, -0.2) is 15.4 Å². The maximum absolute atomic E-state index is 5.62. The van der Waals surface area contributed by atoms with Gasteiger partial charge in [-0.1, -0.05) is 10.3 Å². The van der Waals surface area contributed by atoms with Crippen LogP contribution in [0.4, 0.5) is 6.01 Å². The predicted molar refractivity (Wildman–Crippen MR) is 60.2 cm³/mol. The molecule has 0 bridgehead atoms. The zero-order chi connectivity index (χ0) is 12.4. The molecule has 0 fully saturated rings. The summed E-state index contributed by atoms with van der Waals surface area (Å²) in [5.74, 6) is 1.19. The summed E-state index contributed by atoms with van der Waals surface area (Å²) >= 11 is 0. The van der Waals surface area contributed by atoms with Gasteiger partial charge in [-0.25, -0.2) is 0 Å². The largest absolute Gasteiger partial charge is 0.406 e. The predicted octanol–water partition coefficient (Wildman–Crippen LogP) is 1.31. The van der Waals surface area contributed by atoms with Crippen molar-refractivity contribution in [3.05, 3.63) is 22.9 Å². The summed E-state index contributed by atoms with van der Waals surface area (Å²) in [6.45, 7) is 6.06. The molecule has 0 aliphatic carbocycles. The molecule has 1 atom stereocenters. The molecule has 2 rings (SSSR count). The smallest absolute Gasteiger partial charge is 0.315 e. The van der Waals surface area contributed by atoms with E-state index in [1.807, 2.05) is 13.8 Å². The van der Waals surface area contributed by atoms with Gasteiger partial charge < -0.3 is 20.0 Å². The van der Waals surface area contributed by atoms with Crippen LogP contribution in [0, 0.1) is 13.8 Å². The molecule has 0 amide bonds. The molecule has 92 valence electrons. The molecule has 1 unspecified atom stereocenters. The Bertz CT molecular complexity index is 483. The fraction of sp³-hybridized carbons (Fsp3) is 0.500. The van der Waals surface area contributed by atoms with Crippen molar-refractivity contribution in [2.75, 3.05) is 5.32 Å². The first-order chi connectivity index (χ1) is 8.08. The number of aryl methyl sites for hydroxylation is 2. The van der Waals surface area contributed by atoms with Gasteiger partial charge >= 0.3 is 6.01 Å². The van der Waals surface area contributed by atoms with Gasteiger partial charge in [0.1, 0.15) is 5.76 Å². The molecule has 0 saturated heterocycles. The first-order valence-electron chi connectivity index (χ1n) is 5.32. The molecule has 7 heteroatoms. The third-order valence-corrected chi connectivity index (χ3v) is 2.43. The molecule has 0 spiro atoms. The van der Waals surface area contributed by atoms with Crippen LogP contribution in [0.2, 0.25) is 0 Å². The van der Waals surface area contributed by atoms with E-state index in [2.05, 4.69) is 20.7 Å². The topological polar surface area (TPSA) is 103 Å². The molecule has 2 aromatic heterocycles. The van der Waals surface area contributed by atoms with E-state index in [1.165, 1.54) is 0 Å². The number of aromatic nitrogens is 3. The molecule has 3 N–H and O–H groups in total. The van der Waals surface area contributed by atoms with E-state index in [9.17, 15) is 0 Å². The molecule has 0 aliphatic rings. The van der Waals surface area contributed by atoms with E-state index in [0.717, 1.165) is 17.0 Å². The van der Waals surface area contributed by atoms with Gasteiger partial charge in [0.15, 0.2) is 0 Å². The quantitative estimate of drug-likeness (QED) is 0.826. The van der Waals surface area contributed by atoms with Crippen molar-refractivity contribution < 1.29 is 8.94 Å². The second-order valence-corrected chi connectivity index (χ2v) is 3.89. The molecule has 2 heterocycles. The summed E-state index contributed by atoms with van der Waals surface area (Å²) in [4.78, 5) is 0. The fourth-order valence-corrected chi connectivity index (χ4v) is 1.41. The summed E-state index contributed by atoms with van der Waals surface area (Å²) in [6.07, 6.45) is 0. The van der Waals surface area contributed by atoms with Gasteiger partial charge in [-0.15, -0.1) is 5.10 Å². The van der Waals surface area contributed by atoms with E-state index in [4.69, 9.17) is 14.7 Å². The molecule has 2 aromatic rings. The van der Waals surface area contributed by atoms with Crippen molar-refractivity contribution in [2.24, 2.45) is 5.73 Å². The van der Waals surface area contributed by atoms with Gasteiger partial charge in [0.2, 0.25) is 5.89 Å². The zero-order valence-electron chi connectivity index (χ0n) is 10.0. The van der Waals surface area contributed by atoms with Crippen molar-refractivity contribution in [3.8, 4) is 0 Å². The Kier molecular flexibility index (Phi) is 3.10. The minimum Gasteiger partial charge on any atom is -0.406 e. The van der Waals surface area contributed by atoms with Gasteiger partial charge in [0, 0.05) is 12.1 Å². The van der Waals surface area contributed by atoms with Gasteiger partial charge in [-0.3, -0.25) is 0 Å². The molecule has 17 heavy (non-hydrogen) atoms. The number of hydrogen-bond acceptors (Lipinski definition) is 7. The maximum atomic E-state index is 5.62. The molecule has 0 radical (unpaired) electrons. The first kappa shape index (κ1) is 11.6. The number of hydrogen-bond donors (Lipinski definition) is 2. The Balaban J connectivity index is 2.02. The number of nitrogens with zero attached hydrogens (tertiary/aromatic N) is 3. The third-order valence-electron chi connectivity index (χ3n) is 2.43. The SMILES string of the molecule is Cc1noc(C)c1CNc1nnc(C(C)N)o1. The third kappa shape index (κ3) is 2.44. The van der Waals surface area contributed by atoms with Crippen LogP contribution in [0.3, 0.4) is 0 Å². The van der Waals surface area contributed by atoms with E-state index in [0.29, 0.717) is 18.5 Å². The molecular formula is C10H15N5O2. The van der Waals surface area contributed by atoms with Crippen LogP contribution in [0.25, 0.3) is 0 Å². The van der Waals surface area contributed by atoms with Crippen molar-refractivity contribution in [3.63, 3.8) is 0 Å². The van der Waals surface area contributed by atoms with E-state index in [1.54, 1.807) is 6.92 Å². The highest BCUT2D eigenvalue weighted by Gasteiger charge is 2.12. The standard InChI is InChI=1S/C10H15N5O2/c1-5(11)9-13-14-10(16-9)12-4-8-6(2)15-17-7(8)3/h5H,4,11H2,1-3H3,(H,12,14). The fourth-order valence-electron chi connectivity index (χ4n) is 1.41. The lowest BCUT2D eigenvalue weighted by molar-refractivity contribution is 0.392. The second kappa shape index (κ2) is 4.54. The summed E-state index contributed by atoms with van der Waals surface area (Å²) in [7, 11) is 0. The van der Waals surface area contributed by atoms with Crippen LogP contribution < -0.4 is 11.1 Å². The normalized spacial score (nSPS) is 12.7. The highest BCUT2D eigenvalue weighted by molar-refractivity contribution is 5.27. The van der Waals surface area contributed by atoms with E-state index < -0.39 is 0 Å². The number of anilines is 1. The lowest BCUT2D eigenvalue weighted by Crippen LogP contribution is -2.04. The van der Waals surface area contributed by atoms with E-state index in [-0.39, 0.29) is 6.04 Å². The number of rotatable bonds is 4. The number of nitrogens with two attached hydrogens (primary N) is 1. The lowest BCUT2D eigenvalue weighted by Gasteiger charge is -2.00. The van der Waals surface area contributed by atoms with Gasteiger partial charge in [-0.05, 0) is 20.8 Å². The van der Waals surface area contributed by atoms with Crippen LogP contribution in [0.5, 0.6) is 0 Å². The van der Waals surface area contributed by atoms with E-state index >= 15 is 0 Å². The van der Waals surface area contributed by atoms with Crippen molar-refractivity contribution in [2.45, 2.75) is 33.4 Å². The minimum atomic E-state index is -0.267. The Labute approximate surface area is 98.4 Å². The monoisotopic (exact) mass is 237 g/mol. The molecule has 0 aliphatic heterocycles. The van der Waals surface area contributed by atoms with Gasteiger partial charge in [0.25, 0.3) is 0 Å². The van der Waals surface area contributed by atoms with Crippen molar-refractivity contribution >= 4 is 6.01 Å². The van der Waals surface area contributed by atoms with Crippen LogP contribution in [0.1, 0.15) is 35.9 Å². The Morgan fingerprint density at radius 1 is 1.35 bits per heavy atom. The second-order valence-electron chi connectivity index (χ2n) is 3.89. The van der Waals surface area contributed by atoms with Crippen LogP contribution in [-0.2, 0) is 6.54 Å². The molecule has 0 saturated carbocycles. The highest BCUT2D eigenvalue weighted by atomic mass is 16.5. The van der Waals surface area contributed by atoms with Gasteiger partial charge in [0.05, 0.1) is 11.7 Å². The molecule has 7 nitrogen and oxygen atoms in total. The van der Waals surface area contributed by atoms with Crippen molar-refractivity contribution in [1.29, 1.82) is 0 Å². The minimum absolute atomic E-state index is 0.267. The Morgan fingerprint density at radius 2 is 2.12 bits per heavy atom. The summed E-state index contributed by atoms with van der Waals surface area (Å²) in [5.41, 5.74) is 7.46. The van der Waals surface area contributed by atoms with Crippen LogP contribution in [0.15, 0.2) is 8.94 Å². The van der Waals surface area contributed by atoms with Crippen molar-refractivity contribution in [1.82, 2.24) is 15.4 Å². The Hall–Kier alpha value is -1.89. The summed E-state index contributed by atoms with van der Waals surface area (Å²) in [6, 6.07) is 0.0782. The molecule has 0 aromatic carbocycles.